The van der Waals surface area contributed by atoms with Gasteiger partial charge in [-0.1, -0.05) is 32.0 Å². The molecule has 3 rings (SSSR count). The van der Waals surface area contributed by atoms with Crippen LogP contribution in [0, 0.1) is 5.92 Å². The Bertz CT molecular complexity index is 1140. The number of nitrogens with zero attached hydrogens (tertiary/aromatic N) is 2. The molecule has 0 aliphatic rings. The molecule has 3 aromatic rings. The third-order valence-electron chi connectivity index (χ3n) is 3.97. The summed E-state index contributed by atoms with van der Waals surface area (Å²) < 4.78 is 34.1. The molecule has 0 fully saturated rings. The number of hydrogen-bond acceptors (Lipinski definition) is 7. The van der Waals surface area contributed by atoms with Gasteiger partial charge in [0.05, 0.1) is 10.6 Å². The topological polar surface area (TPSA) is 107 Å². The number of esters is 1. The van der Waals surface area contributed by atoms with E-state index >= 15 is 0 Å². The van der Waals surface area contributed by atoms with Gasteiger partial charge in [-0.15, -0.1) is 11.3 Å². The maximum absolute atomic E-state index is 12.5. The van der Waals surface area contributed by atoms with Crippen LogP contribution >= 0.6 is 11.3 Å². The average Bonchev–Trinajstić information content (AvgIpc) is 3.14. The minimum Gasteiger partial charge on any atom is -0.458 e. The summed E-state index contributed by atoms with van der Waals surface area (Å²) in [5, 5.41) is 1.73. The van der Waals surface area contributed by atoms with Gasteiger partial charge in [0.15, 0.2) is 4.96 Å². The summed E-state index contributed by atoms with van der Waals surface area (Å²) in [5.74, 6) is -1.08. The molecule has 148 valence electrons. The zero-order valence-electron chi connectivity index (χ0n) is 15.2. The van der Waals surface area contributed by atoms with Gasteiger partial charge < -0.3 is 4.74 Å². The highest BCUT2D eigenvalue weighted by molar-refractivity contribution is 7.89. The second-order valence-electron chi connectivity index (χ2n) is 6.41. The van der Waals surface area contributed by atoms with Crippen LogP contribution in [0.15, 0.2) is 57.7 Å². The SMILES string of the molecule is CC(C)C(NS(=O)(=O)c1ccccc1)C(=O)OCc1cc(=O)n2ccsc2n1. The number of hydrogen-bond donors (Lipinski definition) is 1. The predicted molar refractivity (Wildman–Crippen MR) is 105 cm³/mol. The zero-order valence-corrected chi connectivity index (χ0v) is 16.9. The van der Waals surface area contributed by atoms with Crippen LogP contribution in [0.2, 0.25) is 0 Å². The fourth-order valence-corrected chi connectivity index (χ4v) is 4.58. The second-order valence-corrected chi connectivity index (χ2v) is 8.99. The fraction of sp³-hybridized carbons (Fsp3) is 0.278. The Balaban J connectivity index is 1.73. The van der Waals surface area contributed by atoms with E-state index in [2.05, 4.69) is 9.71 Å². The molecule has 0 saturated heterocycles. The summed E-state index contributed by atoms with van der Waals surface area (Å²) in [6.07, 6.45) is 1.61. The summed E-state index contributed by atoms with van der Waals surface area (Å²) >= 11 is 1.29. The molecule has 0 radical (unpaired) electrons. The molecule has 0 aliphatic heterocycles. The molecule has 0 amide bonds. The molecule has 0 spiro atoms. The minimum absolute atomic E-state index is 0.0614. The van der Waals surface area contributed by atoms with Crippen LogP contribution in [-0.4, -0.2) is 29.8 Å². The average molecular weight is 422 g/mol. The fourth-order valence-electron chi connectivity index (χ4n) is 2.49. The number of fused-ring (bicyclic) bond motifs is 1. The van der Waals surface area contributed by atoms with Gasteiger partial charge in [-0.25, -0.2) is 13.4 Å². The number of thiazole rings is 1. The highest BCUT2D eigenvalue weighted by atomic mass is 32.2. The number of sulfonamides is 1. The number of rotatable bonds is 7. The van der Waals surface area contributed by atoms with Crippen LogP contribution in [0.25, 0.3) is 4.96 Å². The van der Waals surface area contributed by atoms with Crippen LogP contribution in [0.3, 0.4) is 0 Å². The van der Waals surface area contributed by atoms with Gasteiger partial charge in [0.1, 0.15) is 12.6 Å². The first-order valence-corrected chi connectivity index (χ1v) is 10.8. The maximum Gasteiger partial charge on any atom is 0.324 e. The molecular formula is C18H19N3O5S2. The third-order valence-corrected chi connectivity index (χ3v) is 6.19. The smallest absolute Gasteiger partial charge is 0.324 e. The molecule has 0 saturated carbocycles. The number of ether oxygens (including phenoxy) is 1. The number of carbonyl (C=O) groups excluding carboxylic acids is 1. The standard InChI is InChI=1S/C18H19N3O5S2/c1-12(2)16(20-28(24,25)14-6-4-3-5-7-14)17(23)26-11-13-10-15(22)21-8-9-27-18(21)19-13/h3-10,12,16,20H,11H2,1-2H3. The van der Waals surface area contributed by atoms with Crippen molar-refractivity contribution >= 4 is 32.3 Å². The van der Waals surface area contributed by atoms with Gasteiger partial charge in [0.25, 0.3) is 5.56 Å². The predicted octanol–water partition coefficient (Wildman–Crippen LogP) is 1.80. The Hall–Kier alpha value is -2.56. The molecule has 1 atom stereocenters. The molecule has 2 aromatic heterocycles. The van der Waals surface area contributed by atoms with Crippen molar-refractivity contribution in [3.63, 3.8) is 0 Å². The Kier molecular flexibility index (Phi) is 5.92. The van der Waals surface area contributed by atoms with Gasteiger partial charge in [0.2, 0.25) is 10.0 Å². The van der Waals surface area contributed by atoms with Crippen LogP contribution in [0.4, 0.5) is 0 Å². The molecule has 1 unspecified atom stereocenters. The summed E-state index contributed by atoms with van der Waals surface area (Å²) in [4.78, 5) is 29.3. The molecule has 1 N–H and O–H groups in total. The lowest BCUT2D eigenvalue weighted by atomic mass is 10.1. The second kappa shape index (κ2) is 8.21. The van der Waals surface area contributed by atoms with E-state index in [0.717, 1.165) is 0 Å². The molecule has 0 bridgehead atoms. The summed E-state index contributed by atoms with van der Waals surface area (Å²) in [6, 6.07) is 8.00. The van der Waals surface area contributed by atoms with Crippen molar-refractivity contribution in [2.75, 3.05) is 0 Å². The number of benzene rings is 1. The van der Waals surface area contributed by atoms with Gasteiger partial charge in [-0.3, -0.25) is 14.0 Å². The molecule has 28 heavy (non-hydrogen) atoms. The first-order valence-electron chi connectivity index (χ1n) is 8.48. The Labute approximate surface area is 165 Å². The highest BCUT2D eigenvalue weighted by Crippen LogP contribution is 2.13. The molecule has 8 nitrogen and oxygen atoms in total. The van der Waals surface area contributed by atoms with E-state index in [-0.39, 0.29) is 23.0 Å². The Morgan fingerprint density at radius 2 is 2.00 bits per heavy atom. The van der Waals surface area contributed by atoms with Crippen molar-refractivity contribution in [2.45, 2.75) is 31.4 Å². The van der Waals surface area contributed by atoms with E-state index in [4.69, 9.17) is 4.74 Å². The van der Waals surface area contributed by atoms with Crippen LogP contribution < -0.4 is 10.3 Å². The minimum atomic E-state index is -3.88. The number of aromatic nitrogens is 2. The summed E-state index contributed by atoms with van der Waals surface area (Å²) in [7, 11) is -3.88. The molecule has 2 heterocycles. The zero-order chi connectivity index (χ0) is 20.3. The first-order chi connectivity index (χ1) is 13.3. The first kappa shape index (κ1) is 20.2. The van der Waals surface area contributed by atoms with Crippen LogP contribution in [0.5, 0.6) is 0 Å². The van der Waals surface area contributed by atoms with Crippen molar-refractivity contribution < 1.29 is 17.9 Å². The normalized spacial score (nSPS) is 13.0. The lowest BCUT2D eigenvalue weighted by molar-refractivity contribution is -0.148. The van der Waals surface area contributed by atoms with Crippen molar-refractivity contribution in [3.8, 4) is 0 Å². The molecule has 1 aromatic carbocycles. The molecule has 10 heteroatoms. The number of nitrogens with one attached hydrogen (secondary N) is 1. The van der Waals surface area contributed by atoms with E-state index in [0.29, 0.717) is 10.7 Å². The van der Waals surface area contributed by atoms with Crippen LogP contribution in [0.1, 0.15) is 19.5 Å². The monoisotopic (exact) mass is 421 g/mol. The van der Waals surface area contributed by atoms with Crippen molar-refractivity contribution in [1.82, 2.24) is 14.1 Å². The van der Waals surface area contributed by atoms with Crippen molar-refractivity contribution in [3.05, 3.63) is 64.0 Å². The van der Waals surface area contributed by atoms with Crippen LogP contribution in [-0.2, 0) is 26.2 Å². The Morgan fingerprint density at radius 3 is 2.68 bits per heavy atom. The largest absolute Gasteiger partial charge is 0.458 e. The maximum atomic E-state index is 12.5. The van der Waals surface area contributed by atoms with E-state index < -0.39 is 22.0 Å². The molecular weight excluding hydrogens is 402 g/mol. The lowest BCUT2D eigenvalue weighted by Crippen LogP contribution is -2.45. The number of carbonyl (C=O) groups is 1. The van der Waals surface area contributed by atoms with Crippen molar-refractivity contribution in [2.24, 2.45) is 5.92 Å². The van der Waals surface area contributed by atoms with E-state index in [9.17, 15) is 18.0 Å². The lowest BCUT2D eigenvalue weighted by Gasteiger charge is -2.20. The van der Waals surface area contributed by atoms with E-state index in [1.165, 1.54) is 33.9 Å². The molecule has 0 aliphatic carbocycles. The summed E-state index contributed by atoms with van der Waals surface area (Å²) in [5.41, 5.74) is 0.0247. The third kappa shape index (κ3) is 4.46. The van der Waals surface area contributed by atoms with E-state index in [1.54, 1.807) is 43.6 Å². The quantitative estimate of drug-likeness (QED) is 0.583. The summed E-state index contributed by atoms with van der Waals surface area (Å²) in [6.45, 7) is 3.20. The van der Waals surface area contributed by atoms with Gasteiger partial charge in [-0.2, -0.15) is 4.72 Å². The van der Waals surface area contributed by atoms with E-state index in [1.807, 2.05) is 0 Å². The van der Waals surface area contributed by atoms with Gasteiger partial charge in [0, 0.05) is 17.6 Å². The van der Waals surface area contributed by atoms with Crippen molar-refractivity contribution in [1.29, 1.82) is 0 Å². The highest BCUT2D eigenvalue weighted by Gasteiger charge is 2.29. The van der Waals surface area contributed by atoms with Gasteiger partial charge >= 0.3 is 5.97 Å². The van der Waals surface area contributed by atoms with Gasteiger partial charge in [-0.05, 0) is 18.1 Å². The Morgan fingerprint density at radius 1 is 1.29 bits per heavy atom.